The fraction of sp³-hybridized carbons (Fsp3) is 0.600. The zero-order valence-electron chi connectivity index (χ0n) is 10.5. The summed E-state index contributed by atoms with van der Waals surface area (Å²) in [5, 5.41) is 9.61. The Balaban J connectivity index is 1.83. The Hall–Kier alpha value is -1.02. The number of fused-ring (bicyclic) bond motifs is 1. The van der Waals surface area contributed by atoms with Crippen molar-refractivity contribution in [3.05, 3.63) is 29.8 Å². The average molecular weight is 231 g/mol. The van der Waals surface area contributed by atoms with Crippen LogP contribution in [-0.4, -0.2) is 23.3 Å². The maximum absolute atomic E-state index is 9.61. The lowest BCUT2D eigenvalue weighted by atomic mass is 9.91. The predicted octanol–water partition coefficient (Wildman–Crippen LogP) is 2.74. The lowest BCUT2D eigenvalue weighted by molar-refractivity contribution is 0.121. The normalized spacial score (nSPS) is 32.6. The molecule has 1 atom stereocenters. The van der Waals surface area contributed by atoms with Gasteiger partial charge in [-0.05, 0) is 50.7 Å². The third-order valence-corrected chi connectivity index (χ3v) is 4.32. The van der Waals surface area contributed by atoms with E-state index in [0.29, 0.717) is 12.1 Å². The molecule has 17 heavy (non-hydrogen) atoms. The third-order valence-electron chi connectivity index (χ3n) is 4.32. The van der Waals surface area contributed by atoms with E-state index < -0.39 is 0 Å². The number of aliphatic hydroxyl groups is 1. The van der Waals surface area contributed by atoms with Crippen molar-refractivity contribution >= 4 is 5.69 Å². The highest BCUT2D eigenvalue weighted by atomic mass is 16.3. The number of para-hydroxylation sites is 1. The summed E-state index contributed by atoms with van der Waals surface area (Å²) >= 11 is 0. The first-order chi connectivity index (χ1) is 8.25. The number of hydrogen-bond donors (Lipinski definition) is 1. The topological polar surface area (TPSA) is 23.5 Å². The SMILES string of the molecule is CC1Cc2ccccc2N1C1CCC(O)CC1. The van der Waals surface area contributed by atoms with E-state index in [9.17, 15) is 5.11 Å². The quantitative estimate of drug-likeness (QED) is 0.803. The molecule has 1 saturated carbocycles. The molecule has 0 spiro atoms. The summed E-state index contributed by atoms with van der Waals surface area (Å²) in [6.07, 6.45) is 5.33. The van der Waals surface area contributed by atoms with E-state index in [2.05, 4.69) is 36.1 Å². The Labute approximate surface area is 103 Å². The second-order valence-corrected chi connectivity index (χ2v) is 5.55. The van der Waals surface area contributed by atoms with Gasteiger partial charge in [0, 0.05) is 17.8 Å². The Kier molecular flexibility index (Phi) is 2.83. The Morgan fingerprint density at radius 3 is 2.59 bits per heavy atom. The van der Waals surface area contributed by atoms with Gasteiger partial charge in [0.05, 0.1) is 6.10 Å². The fourth-order valence-electron chi connectivity index (χ4n) is 3.48. The molecule has 0 amide bonds. The first-order valence-electron chi connectivity index (χ1n) is 6.80. The minimum Gasteiger partial charge on any atom is -0.393 e. The van der Waals surface area contributed by atoms with Gasteiger partial charge in [-0.3, -0.25) is 0 Å². The van der Waals surface area contributed by atoms with Gasteiger partial charge in [-0.15, -0.1) is 0 Å². The molecule has 3 rings (SSSR count). The van der Waals surface area contributed by atoms with Crippen LogP contribution in [0.15, 0.2) is 24.3 Å². The Morgan fingerprint density at radius 1 is 1.12 bits per heavy atom. The number of hydrogen-bond acceptors (Lipinski definition) is 2. The molecule has 1 N–H and O–H groups in total. The number of anilines is 1. The molecule has 0 bridgehead atoms. The molecule has 1 aliphatic carbocycles. The van der Waals surface area contributed by atoms with Crippen LogP contribution in [0.25, 0.3) is 0 Å². The first kappa shape index (κ1) is 11.1. The molecule has 1 aliphatic heterocycles. The van der Waals surface area contributed by atoms with Crippen LogP contribution in [-0.2, 0) is 6.42 Å². The van der Waals surface area contributed by atoms with Crippen LogP contribution >= 0.6 is 0 Å². The van der Waals surface area contributed by atoms with Crippen LogP contribution in [0.2, 0.25) is 0 Å². The van der Waals surface area contributed by atoms with Gasteiger partial charge >= 0.3 is 0 Å². The molecule has 2 nitrogen and oxygen atoms in total. The average Bonchev–Trinajstić information content (AvgIpc) is 2.66. The van der Waals surface area contributed by atoms with E-state index >= 15 is 0 Å². The van der Waals surface area contributed by atoms with Crippen molar-refractivity contribution in [2.75, 3.05) is 4.90 Å². The minimum absolute atomic E-state index is 0.0561. The molecule has 1 aromatic carbocycles. The molecular formula is C15H21NO. The highest BCUT2D eigenvalue weighted by Crippen LogP contribution is 2.37. The molecule has 92 valence electrons. The summed E-state index contributed by atoms with van der Waals surface area (Å²) in [7, 11) is 0. The number of nitrogens with zero attached hydrogens (tertiary/aromatic N) is 1. The summed E-state index contributed by atoms with van der Waals surface area (Å²) in [4.78, 5) is 2.60. The Bertz CT molecular complexity index is 396. The molecule has 1 aromatic rings. The fourth-order valence-corrected chi connectivity index (χ4v) is 3.48. The summed E-state index contributed by atoms with van der Waals surface area (Å²) in [5.74, 6) is 0. The smallest absolute Gasteiger partial charge is 0.0541 e. The van der Waals surface area contributed by atoms with E-state index in [0.717, 1.165) is 25.7 Å². The summed E-state index contributed by atoms with van der Waals surface area (Å²) in [6.45, 7) is 2.32. The number of rotatable bonds is 1. The van der Waals surface area contributed by atoms with Gasteiger partial charge < -0.3 is 10.0 Å². The van der Waals surface area contributed by atoms with Gasteiger partial charge in [0.2, 0.25) is 0 Å². The summed E-state index contributed by atoms with van der Waals surface area (Å²) in [5.41, 5.74) is 2.92. The molecule has 1 unspecified atom stereocenters. The van der Waals surface area contributed by atoms with E-state index in [-0.39, 0.29) is 6.10 Å². The first-order valence-corrected chi connectivity index (χ1v) is 6.80. The van der Waals surface area contributed by atoms with E-state index in [1.165, 1.54) is 17.7 Å². The van der Waals surface area contributed by atoms with Crippen LogP contribution in [0, 0.1) is 0 Å². The highest BCUT2D eigenvalue weighted by molar-refractivity contribution is 5.60. The third kappa shape index (κ3) is 1.95. The number of aliphatic hydroxyl groups excluding tert-OH is 1. The van der Waals surface area contributed by atoms with Crippen LogP contribution in [0.1, 0.15) is 38.2 Å². The molecule has 0 saturated heterocycles. The van der Waals surface area contributed by atoms with Crippen LogP contribution < -0.4 is 4.90 Å². The zero-order chi connectivity index (χ0) is 11.8. The number of benzene rings is 1. The molecule has 0 radical (unpaired) electrons. The van der Waals surface area contributed by atoms with Gasteiger partial charge in [0.15, 0.2) is 0 Å². The van der Waals surface area contributed by atoms with Gasteiger partial charge in [0.25, 0.3) is 0 Å². The van der Waals surface area contributed by atoms with Crippen LogP contribution in [0.4, 0.5) is 5.69 Å². The van der Waals surface area contributed by atoms with Crippen molar-refractivity contribution in [2.45, 2.75) is 57.2 Å². The van der Waals surface area contributed by atoms with Gasteiger partial charge in [0.1, 0.15) is 0 Å². The van der Waals surface area contributed by atoms with Crippen molar-refractivity contribution in [2.24, 2.45) is 0 Å². The minimum atomic E-state index is -0.0561. The zero-order valence-corrected chi connectivity index (χ0v) is 10.5. The summed E-state index contributed by atoms with van der Waals surface area (Å²) < 4.78 is 0. The predicted molar refractivity (Wildman–Crippen MR) is 70.3 cm³/mol. The van der Waals surface area contributed by atoms with Crippen LogP contribution in [0.5, 0.6) is 0 Å². The molecule has 0 aromatic heterocycles. The Morgan fingerprint density at radius 2 is 1.82 bits per heavy atom. The van der Waals surface area contributed by atoms with E-state index in [1.54, 1.807) is 0 Å². The maximum Gasteiger partial charge on any atom is 0.0541 e. The molecule has 2 heteroatoms. The lowest BCUT2D eigenvalue weighted by Gasteiger charge is -2.38. The van der Waals surface area contributed by atoms with Crippen molar-refractivity contribution in [3.8, 4) is 0 Å². The standard InChI is InChI=1S/C15H21NO/c1-11-10-12-4-2-3-5-15(12)16(11)13-6-8-14(17)9-7-13/h2-5,11,13-14,17H,6-10H2,1H3. The molecule has 1 heterocycles. The van der Waals surface area contributed by atoms with Crippen molar-refractivity contribution in [3.63, 3.8) is 0 Å². The van der Waals surface area contributed by atoms with Crippen molar-refractivity contribution in [1.82, 2.24) is 0 Å². The van der Waals surface area contributed by atoms with Gasteiger partial charge in [-0.2, -0.15) is 0 Å². The van der Waals surface area contributed by atoms with Crippen LogP contribution in [0.3, 0.4) is 0 Å². The van der Waals surface area contributed by atoms with Crippen molar-refractivity contribution in [1.29, 1.82) is 0 Å². The second-order valence-electron chi connectivity index (χ2n) is 5.55. The molecule has 2 aliphatic rings. The highest BCUT2D eigenvalue weighted by Gasteiger charge is 2.33. The monoisotopic (exact) mass is 231 g/mol. The molecule has 1 fully saturated rings. The van der Waals surface area contributed by atoms with Gasteiger partial charge in [-0.1, -0.05) is 18.2 Å². The van der Waals surface area contributed by atoms with Crippen molar-refractivity contribution < 1.29 is 5.11 Å². The van der Waals surface area contributed by atoms with E-state index in [4.69, 9.17) is 0 Å². The molecular weight excluding hydrogens is 210 g/mol. The maximum atomic E-state index is 9.61. The van der Waals surface area contributed by atoms with Gasteiger partial charge in [-0.25, -0.2) is 0 Å². The second kappa shape index (κ2) is 4.34. The van der Waals surface area contributed by atoms with E-state index in [1.807, 2.05) is 0 Å². The largest absolute Gasteiger partial charge is 0.393 e. The summed E-state index contributed by atoms with van der Waals surface area (Å²) in [6, 6.07) is 10.0. The lowest BCUT2D eigenvalue weighted by Crippen LogP contribution is -2.42.